The van der Waals surface area contributed by atoms with E-state index in [1.165, 1.54) is 19.3 Å². The normalized spacial score (nSPS) is 20.5. The van der Waals surface area contributed by atoms with Crippen LogP contribution in [0.2, 0.25) is 0 Å². The van der Waals surface area contributed by atoms with E-state index in [1.807, 2.05) is 23.1 Å². The standard InChI is InChI=1S/C24H34N2O3/c1-16(2)14-21(27)17-10-12-26(13-11-17)24(28)19-8-9-20-22(15-19)29-23(25-20)18-6-4-3-5-7-18/h8-9,15-18,21,27H,3-7,10-14H2,1-2H3. The first-order valence-corrected chi connectivity index (χ1v) is 11.4. The zero-order chi connectivity index (χ0) is 20.4. The molecule has 2 fully saturated rings. The summed E-state index contributed by atoms with van der Waals surface area (Å²) >= 11 is 0. The van der Waals surface area contributed by atoms with Crippen molar-refractivity contribution in [3.05, 3.63) is 29.7 Å². The molecular formula is C24H34N2O3. The molecule has 4 rings (SSSR count). The van der Waals surface area contributed by atoms with Crippen LogP contribution in [0.5, 0.6) is 0 Å². The van der Waals surface area contributed by atoms with Gasteiger partial charge in [0.2, 0.25) is 0 Å². The van der Waals surface area contributed by atoms with Crippen molar-refractivity contribution < 1.29 is 14.3 Å². The van der Waals surface area contributed by atoms with Crippen molar-refractivity contribution in [3.8, 4) is 0 Å². The third-order valence-corrected chi connectivity index (χ3v) is 6.69. The van der Waals surface area contributed by atoms with Crippen LogP contribution >= 0.6 is 0 Å². The van der Waals surface area contributed by atoms with Crippen molar-refractivity contribution in [2.45, 2.75) is 77.2 Å². The largest absolute Gasteiger partial charge is 0.440 e. The number of aliphatic hydroxyl groups excluding tert-OH is 1. The van der Waals surface area contributed by atoms with Gasteiger partial charge in [-0.3, -0.25) is 4.79 Å². The van der Waals surface area contributed by atoms with Crippen LogP contribution in [0.4, 0.5) is 0 Å². The molecule has 1 saturated carbocycles. The molecule has 1 unspecified atom stereocenters. The molecule has 1 N–H and O–H groups in total. The Bertz CT molecular complexity index is 830. The monoisotopic (exact) mass is 398 g/mol. The maximum atomic E-state index is 13.0. The summed E-state index contributed by atoms with van der Waals surface area (Å²) in [4.78, 5) is 19.6. The molecule has 1 aliphatic heterocycles. The van der Waals surface area contributed by atoms with Gasteiger partial charge < -0.3 is 14.4 Å². The topological polar surface area (TPSA) is 66.6 Å². The molecule has 2 aliphatic rings. The van der Waals surface area contributed by atoms with Gasteiger partial charge in [-0.1, -0.05) is 33.1 Å². The molecule has 1 aromatic heterocycles. The van der Waals surface area contributed by atoms with Crippen LogP contribution in [0, 0.1) is 11.8 Å². The van der Waals surface area contributed by atoms with Gasteiger partial charge in [-0.05, 0) is 62.1 Å². The summed E-state index contributed by atoms with van der Waals surface area (Å²) in [5, 5.41) is 10.4. The molecule has 29 heavy (non-hydrogen) atoms. The van der Waals surface area contributed by atoms with Crippen LogP contribution in [-0.2, 0) is 0 Å². The fourth-order valence-corrected chi connectivity index (χ4v) is 4.94. The Hall–Kier alpha value is -1.88. The van der Waals surface area contributed by atoms with E-state index in [-0.39, 0.29) is 12.0 Å². The lowest BCUT2D eigenvalue weighted by molar-refractivity contribution is 0.0385. The first-order valence-electron chi connectivity index (χ1n) is 11.4. The number of likely N-dealkylation sites (tertiary alicyclic amines) is 1. The Labute approximate surface area is 173 Å². The summed E-state index contributed by atoms with van der Waals surface area (Å²) in [6, 6.07) is 5.64. The molecule has 0 radical (unpaired) electrons. The number of benzene rings is 1. The first-order chi connectivity index (χ1) is 14.0. The Balaban J connectivity index is 1.41. The fourth-order valence-electron chi connectivity index (χ4n) is 4.94. The van der Waals surface area contributed by atoms with E-state index in [0.29, 0.717) is 36.4 Å². The highest BCUT2D eigenvalue weighted by molar-refractivity contribution is 5.97. The van der Waals surface area contributed by atoms with Gasteiger partial charge in [-0.25, -0.2) is 4.98 Å². The minimum atomic E-state index is -0.254. The molecule has 5 nitrogen and oxygen atoms in total. The molecule has 1 amide bonds. The summed E-state index contributed by atoms with van der Waals surface area (Å²) in [6.07, 6.45) is 8.42. The number of hydrogen-bond donors (Lipinski definition) is 1. The number of nitrogens with zero attached hydrogens (tertiary/aromatic N) is 2. The highest BCUT2D eigenvalue weighted by atomic mass is 16.3. The smallest absolute Gasteiger partial charge is 0.253 e. The molecule has 2 aromatic rings. The van der Waals surface area contributed by atoms with E-state index in [2.05, 4.69) is 18.8 Å². The van der Waals surface area contributed by atoms with Crippen molar-refractivity contribution in [2.75, 3.05) is 13.1 Å². The first kappa shape index (κ1) is 20.4. The third-order valence-electron chi connectivity index (χ3n) is 6.69. The minimum Gasteiger partial charge on any atom is -0.440 e. The second-order valence-electron chi connectivity index (χ2n) is 9.40. The predicted octanol–water partition coefficient (Wildman–Crippen LogP) is 5.13. The zero-order valence-corrected chi connectivity index (χ0v) is 17.8. The van der Waals surface area contributed by atoms with Crippen LogP contribution in [0.15, 0.2) is 22.6 Å². The van der Waals surface area contributed by atoms with Gasteiger partial charge in [-0.15, -0.1) is 0 Å². The Morgan fingerprint density at radius 2 is 1.90 bits per heavy atom. The lowest BCUT2D eigenvalue weighted by Crippen LogP contribution is -2.41. The number of aromatic nitrogens is 1. The average Bonchev–Trinajstić information content (AvgIpc) is 3.17. The number of fused-ring (bicyclic) bond motifs is 1. The lowest BCUT2D eigenvalue weighted by atomic mass is 9.87. The number of oxazole rings is 1. The Kier molecular flexibility index (Phi) is 6.23. The minimum absolute atomic E-state index is 0.0549. The van der Waals surface area contributed by atoms with E-state index in [9.17, 15) is 9.90 Å². The number of hydrogen-bond acceptors (Lipinski definition) is 4. The van der Waals surface area contributed by atoms with Crippen LogP contribution in [-0.4, -0.2) is 40.1 Å². The fraction of sp³-hybridized carbons (Fsp3) is 0.667. The van der Waals surface area contributed by atoms with Gasteiger partial charge in [0, 0.05) is 24.6 Å². The Morgan fingerprint density at radius 1 is 1.17 bits per heavy atom. The number of carbonyl (C=O) groups is 1. The van der Waals surface area contributed by atoms with Gasteiger partial charge in [0.1, 0.15) is 5.52 Å². The molecule has 0 spiro atoms. The van der Waals surface area contributed by atoms with Gasteiger partial charge >= 0.3 is 0 Å². The molecule has 5 heteroatoms. The van der Waals surface area contributed by atoms with Gasteiger partial charge in [0.05, 0.1) is 6.10 Å². The van der Waals surface area contributed by atoms with Crippen LogP contribution in [0.3, 0.4) is 0 Å². The van der Waals surface area contributed by atoms with E-state index in [0.717, 1.165) is 49.1 Å². The van der Waals surface area contributed by atoms with E-state index in [1.54, 1.807) is 0 Å². The number of amides is 1. The molecule has 0 bridgehead atoms. The van der Waals surface area contributed by atoms with Crippen LogP contribution in [0.25, 0.3) is 11.1 Å². The van der Waals surface area contributed by atoms with E-state index in [4.69, 9.17) is 4.42 Å². The molecule has 1 saturated heterocycles. The molecule has 1 aliphatic carbocycles. The Morgan fingerprint density at radius 3 is 2.59 bits per heavy atom. The second-order valence-corrected chi connectivity index (χ2v) is 9.40. The van der Waals surface area contributed by atoms with E-state index >= 15 is 0 Å². The quantitative estimate of drug-likeness (QED) is 0.758. The molecular weight excluding hydrogens is 364 g/mol. The lowest BCUT2D eigenvalue weighted by Gasteiger charge is -2.34. The van der Waals surface area contributed by atoms with Crippen molar-refractivity contribution in [1.29, 1.82) is 0 Å². The number of carbonyl (C=O) groups excluding carboxylic acids is 1. The number of aliphatic hydroxyl groups is 1. The van der Waals surface area contributed by atoms with E-state index < -0.39 is 0 Å². The molecule has 1 atom stereocenters. The predicted molar refractivity (Wildman–Crippen MR) is 114 cm³/mol. The summed E-state index contributed by atoms with van der Waals surface area (Å²) in [7, 11) is 0. The zero-order valence-electron chi connectivity index (χ0n) is 17.8. The van der Waals surface area contributed by atoms with Crippen LogP contribution in [0.1, 0.15) is 87.4 Å². The van der Waals surface area contributed by atoms with Gasteiger partial charge in [-0.2, -0.15) is 0 Å². The van der Waals surface area contributed by atoms with Gasteiger partial charge in [0.15, 0.2) is 11.5 Å². The van der Waals surface area contributed by atoms with Gasteiger partial charge in [0.25, 0.3) is 5.91 Å². The molecule has 1 aromatic carbocycles. The van der Waals surface area contributed by atoms with Crippen molar-refractivity contribution >= 4 is 17.0 Å². The molecule has 158 valence electrons. The third kappa shape index (κ3) is 4.66. The van der Waals surface area contributed by atoms with Crippen molar-refractivity contribution in [1.82, 2.24) is 9.88 Å². The average molecular weight is 399 g/mol. The number of rotatable bonds is 5. The molecule has 2 heterocycles. The van der Waals surface area contributed by atoms with Crippen molar-refractivity contribution in [3.63, 3.8) is 0 Å². The summed E-state index contributed by atoms with van der Waals surface area (Å²) in [6.45, 7) is 5.70. The SMILES string of the molecule is CC(C)CC(O)C1CCN(C(=O)c2ccc3nc(C4CCCCC4)oc3c2)CC1. The number of piperidine rings is 1. The maximum absolute atomic E-state index is 13.0. The maximum Gasteiger partial charge on any atom is 0.253 e. The second kappa shape index (κ2) is 8.86. The summed E-state index contributed by atoms with van der Waals surface area (Å²) < 4.78 is 6.06. The summed E-state index contributed by atoms with van der Waals surface area (Å²) in [5.41, 5.74) is 2.24. The highest BCUT2D eigenvalue weighted by Gasteiger charge is 2.28. The van der Waals surface area contributed by atoms with Crippen molar-refractivity contribution in [2.24, 2.45) is 11.8 Å². The van der Waals surface area contributed by atoms with Crippen LogP contribution < -0.4 is 0 Å². The summed E-state index contributed by atoms with van der Waals surface area (Å²) in [5.74, 6) is 2.11. The highest BCUT2D eigenvalue weighted by Crippen LogP contribution is 2.34.